The molecule has 0 radical (unpaired) electrons. The predicted molar refractivity (Wildman–Crippen MR) is 117 cm³/mol. The Morgan fingerprint density at radius 3 is 2.13 bits per heavy atom. The van der Waals surface area contributed by atoms with Crippen LogP contribution in [0.4, 0.5) is 0 Å². The predicted octanol–water partition coefficient (Wildman–Crippen LogP) is 4.31. The summed E-state index contributed by atoms with van der Waals surface area (Å²) in [7, 11) is 0. The average molecular weight is 410 g/mol. The molecule has 1 N–H and O–H groups in total. The Morgan fingerprint density at radius 2 is 1.57 bits per heavy atom. The van der Waals surface area contributed by atoms with E-state index < -0.39 is 12.0 Å². The van der Waals surface area contributed by atoms with Crippen LogP contribution in [0.3, 0.4) is 0 Å². The first kappa shape index (κ1) is 23.3. The van der Waals surface area contributed by atoms with Crippen LogP contribution in [-0.2, 0) is 20.7 Å². The largest absolute Gasteiger partial charge is 0.456 e. The molecule has 1 amide bonds. The zero-order chi connectivity index (χ0) is 22.1. The Hall–Kier alpha value is -2.95. The number of carbonyl (C=O) groups is 3. The highest BCUT2D eigenvalue weighted by atomic mass is 16.5. The summed E-state index contributed by atoms with van der Waals surface area (Å²) in [6.07, 6.45) is 1.20. The number of rotatable bonds is 10. The van der Waals surface area contributed by atoms with Crippen LogP contribution in [0.5, 0.6) is 0 Å². The first-order valence-corrected chi connectivity index (χ1v) is 10.4. The second kappa shape index (κ2) is 11.3. The summed E-state index contributed by atoms with van der Waals surface area (Å²) in [4.78, 5) is 37.2. The summed E-state index contributed by atoms with van der Waals surface area (Å²) in [6.45, 7) is 7.55. The van der Waals surface area contributed by atoms with E-state index in [0.29, 0.717) is 11.5 Å². The molecule has 0 aliphatic rings. The van der Waals surface area contributed by atoms with Crippen LogP contribution in [0.2, 0.25) is 0 Å². The maximum atomic E-state index is 12.5. The number of esters is 1. The minimum Gasteiger partial charge on any atom is -0.456 e. The van der Waals surface area contributed by atoms with Crippen molar-refractivity contribution in [2.24, 2.45) is 5.92 Å². The average Bonchev–Trinajstić information content (AvgIpc) is 2.75. The lowest BCUT2D eigenvalue weighted by Crippen LogP contribution is -2.46. The number of ketones is 1. The molecule has 2 atom stereocenters. The van der Waals surface area contributed by atoms with E-state index in [0.717, 1.165) is 12.0 Å². The van der Waals surface area contributed by atoms with Crippen LogP contribution in [0.15, 0.2) is 54.6 Å². The molecule has 30 heavy (non-hydrogen) atoms. The number of nitrogens with one attached hydrogen (secondary N) is 1. The van der Waals surface area contributed by atoms with Gasteiger partial charge in [-0.1, -0.05) is 82.3 Å². The van der Waals surface area contributed by atoms with Crippen molar-refractivity contribution >= 4 is 17.7 Å². The molecule has 0 spiro atoms. The third kappa shape index (κ3) is 6.83. The Morgan fingerprint density at radius 1 is 0.933 bits per heavy atom. The van der Waals surface area contributed by atoms with Gasteiger partial charge in [-0.25, -0.2) is 4.79 Å². The van der Waals surface area contributed by atoms with Gasteiger partial charge in [0, 0.05) is 5.56 Å². The summed E-state index contributed by atoms with van der Waals surface area (Å²) in [5, 5.41) is 2.73. The van der Waals surface area contributed by atoms with Crippen molar-refractivity contribution in [1.82, 2.24) is 5.32 Å². The van der Waals surface area contributed by atoms with E-state index in [4.69, 9.17) is 4.74 Å². The molecule has 0 saturated carbocycles. The van der Waals surface area contributed by atoms with Gasteiger partial charge in [-0.3, -0.25) is 9.59 Å². The molecule has 2 rings (SSSR count). The zero-order valence-electron chi connectivity index (χ0n) is 18.2. The third-order valence-electron chi connectivity index (χ3n) is 5.20. The Balaban J connectivity index is 1.91. The second-order valence-electron chi connectivity index (χ2n) is 7.91. The van der Waals surface area contributed by atoms with Crippen LogP contribution >= 0.6 is 0 Å². The van der Waals surface area contributed by atoms with Crippen molar-refractivity contribution in [3.05, 3.63) is 71.3 Å². The summed E-state index contributed by atoms with van der Waals surface area (Å²) in [5.74, 6) is -0.864. The van der Waals surface area contributed by atoms with Crippen LogP contribution in [0, 0.1) is 5.92 Å². The first-order chi connectivity index (χ1) is 14.3. The van der Waals surface area contributed by atoms with Gasteiger partial charge < -0.3 is 10.1 Å². The van der Waals surface area contributed by atoms with Gasteiger partial charge in [0.25, 0.3) is 0 Å². The van der Waals surface area contributed by atoms with E-state index in [1.807, 2.05) is 56.3 Å². The van der Waals surface area contributed by atoms with Crippen LogP contribution < -0.4 is 5.32 Å². The Labute approximate surface area is 178 Å². The van der Waals surface area contributed by atoms with Crippen molar-refractivity contribution in [3.63, 3.8) is 0 Å². The van der Waals surface area contributed by atoms with Crippen LogP contribution in [-0.4, -0.2) is 30.3 Å². The Bertz CT molecular complexity index is 843. The van der Waals surface area contributed by atoms with Gasteiger partial charge in [-0.05, 0) is 29.4 Å². The van der Waals surface area contributed by atoms with E-state index in [9.17, 15) is 14.4 Å². The van der Waals surface area contributed by atoms with E-state index in [1.165, 1.54) is 5.56 Å². The standard InChI is InChI=1S/C25H31NO4/c1-5-18(4)20-11-13-21(14-12-20)22(27)16-30-25(29)24(17(2)3)26-23(28)15-19-9-7-6-8-10-19/h6-14,17-18,24H,5,15-16H2,1-4H3,(H,26,28)/t18-,24-/m0/s1. The highest BCUT2D eigenvalue weighted by molar-refractivity contribution is 5.98. The number of ether oxygens (including phenoxy) is 1. The molecule has 0 aliphatic heterocycles. The monoisotopic (exact) mass is 409 g/mol. The SMILES string of the molecule is CC[C@H](C)c1ccc(C(=O)COC(=O)[C@@H](NC(=O)Cc2ccccc2)C(C)C)cc1. The Kier molecular flexibility index (Phi) is 8.78. The molecule has 0 aromatic heterocycles. The van der Waals surface area contributed by atoms with Crippen LogP contribution in [0.25, 0.3) is 0 Å². The fourth-order valence-electron chi connectivity index (χ4n) is 3.05. The van der Waals surface area contributed by atoms with Gasteiger partial charge in [0.05, 0.1) is 6.42 Å². The zero-order valence-corrected chi connectivity index (χ0v) is 18.2. The second-order valence-corrected chi connectivity index (χ2v) is 7.91. The highest BCUT2D eigenvalue weighted by Crippen LogP contribution is 2.19. The third-order valence-corrected chi connectivity index (χ3v) is 5.20. The molecule has 0 aliphatic carbocycles. The number of Topliss-reactive ketones (excluding diaryl/α,β-unsaturated/α-hetero) is 1. The van der Waals surface area contributed by atoms with Gasteiger partial charge >= 0.3 is 5.97 Å². The van der Waals surface area contributed by atoms with Gasteiger partial charge in [0.1, 0.15) is 6.04 Å². The topological polar surface area (TPSA) is 72.5 Å². The minimum absolute atomic E-state index is 0.165. The first-order valence-electron chi connectivity index (χ1n) is 10.4. The maximum absolute atomic E-state index is 12.5. The van der Waals surface area contributed by atoms with E-state index in [2.05, 4.69) is 19.2 Å². The molecule has 0 saturated heterocycles. The molecule has 2 aromatic carbocycles. The number of benzene rings is 2. The fourth-order valence-corrected chi connectivity index (χ4v) is 3.05. The minimum atomic E-state index is -0.804. The van der Waals surface area contributed by atoms with Gasteiger partial charge in [0.2, 0.25) is 5.91 Å². The summed E-state index contributed by atoms with van der Waals surface area (Å²) in [5.41, 5.74) is 2.54. The van der Waals surface area contributed by atoms with Crippen molar-refractivity contribution in [2.75, 3.05) is 6.61 Å². The quantitative estimate of drug-likeness (QED) is 0.469. The summed E-state index contributed by atoms with van der Waals surface area (Å²) < 4.78 is 5.23. The smallest absolute Gasteiger partial charge is 0.329 e. The van der Waals surface area contributed by atoms with Crippen molar-refractivity contribution in [3.8, 4) is 0 Å². The molecule has 0 fully saturated rings. The molecule has 2 aromatic rings. The van der Waals surface area contributed by atoms with Crippen molar-refractivity contribution in [2.45, 2.75) is 52.5 Å². The van der Waals surface area contributed by atoms with Crippen LogP contribution in [0.1, 0.15) is 61.5 Å². The van der Waals surface area contributed by atoms with Gasteiger partial charge in [0.15, 0.2) is 12.4 Å². The van der Waals surface area contributed by atoms with Gasteiger partial charge in [-0.15, -0.1) is 0 Å². The fraction of sp³-hybridized carbons (Fsp3) is 0.400. The maximum Gasteiger partial charge on any atom is 0.329 e. The molecular formula is C25H31NO4. The van der Waals surface area contributed by atoms with E-state index in [-0.39, 0.29) is 30.6 Å². The molecule has 0 bridgehead atoms. The highest BCUT2D eigenvalue weighted by Gasteiger charge is 2.26. The van der Waals surface area contributed by atoms with E-state index in [1.54, 1.807) is 12.1 Å². The number of carbonyl (C=O) groups excluding carboxylic acids is 3. The number of amides is 1. The van der Waals surface area contributed by atoms with Crippen molar-refractivity contribution in [1.29, 1.82) is 0 Å². The number of hydrogen-bond donors (Lipinski definition) is 1. The van der Waals surface area contributed by atoms with Crippen molar-refractivity contribution < 1.29 is 19.1 Å². The molecule has 0 unspecified atom stereocenters. The molecule has 5 nitrogen and oxygen atoms in total. The summed E-state index contributed by atoms with van der Waals surface area (Å²) >= 11 is 0. The lowest BCUT2D eigenvalue weighted by atomic mass is 9.97. The normalized spacial score (nSPS) is 12.8. The lowest BCUT2D eigenvalue weighted by molar-refractivity contribution is -0.148. The van der Waals surface area contributed by atoms with Gasteiger partial charge in [-0.2, -0.15) is 0 Å². The molecule has 5 heteroatoms. The molecular weight excluding hydrogens is 378 g/mol. The molecule has 160 valence electrons. The lowest BCUT2D eigenvalue weighted by Gasteiger charge is -2.20. The summed E-state index contributed by atoms with van der Waals surface area (Å²) in [6, 6.07) is 15.9. The number of hydrogen-bond acceptors (Lipinski definition) is 4. The molecule has 0 heterocycles. The van der Waals surface area contributed by atoms with E-state index >= 15 is 0 Å².